The molecule has 0 aliphatic rings. The Morgan fingerprint density at radius 1 is 1.30 bits per heavy atom. The minimum absolute atomic E-state index is 0.141. The predicted molar refractivity (Wildman–Crippen MR) is 90.9 cm³/mol. The van der Waals surface area contributed by atoms with Crippen molar-refractivity contribution in [1.82, 2.24) is 9.97 Å². The van der Waals surface area contributed by atoms with Crippen LogP contribution in [0.3, 0.4) is 0 Å². The first-order valence-corrected chi connectivity index (χ1v) is 7.83. The van der Waals surface area contributed by atoms with Crippen molar-refractivity contribution < 1.29 is 9.21 Å². The quantitative estimate of drug-likeness (QED) is 0.752. The molecule has 2 heterocycles. The maximum atomic E-state index is 12.2. The van der Waals surface area contributed by atoms with E-state index in [1.807, 2.05) is 36.4 Å². The van der Waals surface area contributed by atoms with E-state index in [9.17, 15) is 4.79 Å². The second-order valence-electron chi connectivity index (χ2n) is 5.00. The molecular weight excluding hydrogens is 358 g/mol. The normalized spacial score (nSPS) is 10.5. The first-order valence-electron chi connectivity index (χ1n) is 7.04. The monoisotopic (exact) mass is 371 g/mol. The van der Waals surface area contributed by atoms with Gasteiger partial charge < -0.3 is 9.73 Å². The number of carbonyl (C=O) groups excluding carboxylic acids is 1. The van der Waals surface area contributed by atoms with Crippen LogP contribution in [0.4, 0.5) is 5.69 Å². The lowest BCUT2D eigenvalue weighted by Crippen LogP contribution is -2.15. The molecule has 1 aromatic carbocycles. The number of nitrogens with zero attached hydrogens (tertiary/aromatic N) is 2. The largest absolute Gasteiger partial charge is 0.441 e. The third kappa shape index (κ3) is 3.84. The molecule has 0 aliphatic carbocycles. The van der Waals surface area contributed by atoms with Gasteiger partial charge in [-0.1, -0.05) is 22.0 Å². The van der Waals surface area contributed by atoms with Gasteiger partial charge in [-0.3, -0.25) is 9.78 Å². The number of benzene rings is 1. The SMILES string of the molecule is Cc1oc(-c2cccnc2)nc1CC(=O)Nc1cccc(Br)c1. The van der Waals surface area contributed by atoms with Crippen molar-refractivity contribution in [2.75, 3.05) is 5.32 Å². The van der Waals surface area contributed by atoms with Crippen LogP contribution in [-0.4, -0.2) is 15.9 Å². The molecule has 0 spiro atoms. The number of anilines is 1. The highest BCUT2D eigenvalue weighted by Gasteiger charge is 2.15. The van der Waals surface area contributed by atoms with Crippen molar-refractivity contribution in [2.45, 2.75) is 13.3 Å². The van der Waals surface area contributed by atoms with E-state index in [-0.39, 0.29) is 12.3 Å². The molecule has 3 rings (SSSR count). The van der Waals surface area contributed by atoms with E-state index in [0.717, 1.165) is 15.7 Å². The zero-order chi connectivity index (χ0) is 16.2. The molecule has 5 nitrogen and oxygen atoms in total. The van der Waals surface area contributed by atoms with Crippen molar-refractivity contribution in [2.24, 2.45) is 0 Å². The van der Waals surface area contributed by atoms with E-state index < -0.39 is 0 Å². The van der Waals surface area contributed by atoms with Gasteiger partial charge in [0.1, 0.15) is 5.76 Å². The first kappa shape index (κ1) is 15.4. The standard InChI is InChI=1S/C17H14BrN3O2/c1-11-15(21-17(23-11)12-4-3-7-19-10-12)9-16(22)20-14-6-2-5-13(18)8-14/h2-8,10H,9H2,1H3,(H,20,22). The van der Waals surface area contributed by atoms with Gasteiger partial charge in [0.2, 0.25) is 11.8 Å². The van der Waals surface area contributed by atoms with Gasteiger partial charge in [0, 0.05) is 22.6 Å². The molecule has 0 bridgehead atoms. The second-order valence-corrected chi connectivity index (χ2v) is 5.91. The summed E-state index contributed by atoms with van der Waals surface area (Å²) in [7, 11) is 0. The average Bonchev–Trinajstić information content (AvgIpc) is 2.89. The first-order chi connectivity index (χ1) is 11.1. The molecule has 0 fully saturated rings. The fourth-order valence-electron chi connectivity index (χ4n) is 2.13. The van der Waals surface area contributed by atoms with Crippen LogP contribution in [0.25, 0.3) is 11.5 Å². The summed E-state index contributed by atoms with van der Waals surface area (Å²) in [6, 6.07) is 11.1. The summed E-state index contributed by atoms with van der Waals surface area (Å²) in [6.45, 7) is 1.80. The zero-order valence-corrected chi connectivity index (χ0v) is 14.0. The minimum atomic E-state index is -0.141. The number of hydrogen-bond acceptors (Lipinski definition) is 4. The second kappa shape index (κ2) is 6.75. The fraction of sp³-hybridized carbons (Fsp3) is 0.118. The highest BCUT2D eigenvalue weighted by Crippen LogP contribution is 2.21. The Kier molecular flexibility index (Phi) is 4.52. The number of hydrogen-bond donors (Lipinski definition) is 1. The van der Waals surface area contributed by atoms with Crippen LogP contribution in [0.5, 0.6) is 0 Å². The Labute approximate surface area is 141 Å². The molecule has 3 aromatic rings. The summed E-state index contributed by atoms with van der Waals surface area (Å²) in [5.74, 6) is 0.964. The highest BCUT2D eigenvalue weighted by molar-refractivity contribution is 9.10. The van der Waals surface area contributed by atoms with Crippen LogP contribution < -0.4 is 5.32 Å². The number of aromatic nitrogens is 2. The van der Waals surface area contributed by atoms with Crippen LogP contribution in [-0.2, 0) is 11.2 Å². The van der Waals surface area contributed by atoms with E-state index in [1.54, 1.807) is 19.3 Å². The molecule has 23 heavy (non-hydrogen) atoms. The molecular formula is C17H14BrN3O2. The third-order valence-electron chi connectivity index (χ3n) is 3.24. The Hall–Kier alpha value is -2.47. The Balaban J connectivity index is 1.73. The summed E-state index contributed by atoms with van der Waals surface area (Å²) >= 11 is 3.38. The number of amides is 1. The number of halogens is 1. The van der Waals surface area contributed by atoms with Gasteiger partial charge in [-0.05, 0) is 37.3 Å². The molecule has 1 amide bonds. The van der Waals surface area contributed by atoms with Crippen LogP contribution in [0.15, 0.2) is 57.7 Å². The summed E-state index contributed by atoms with van der Waals surface area (Å²) in [4.78, 5) is 20.6. The van der Waals surface area contributed by atoms with Gasteiger partial charge >= 0.3 is 0 Å². The molecule has 0 unspecified atom stereocenters. The molecule has 0 aliphatic heterocycles. The third-order valence-corrected chi connectivity index (χ3v) is 3.73. The molecule has 1 N–H and O–H groups in total. The number of aryl methyl sites for hydroxylation is 1. The van der Waals surface area contributed by atoms with Crippen molar-refractivity contribution in [1.29, 1.82) is 0 Å². The average molecular weight is 372 g/mol. The fourth-order valence-corrected chi connectivity index (χ4v) is 2.53. The van der Waals surface area contributed by atoms with Crippen LogP contribution in [0.1, 0.15) is 11.5 Å². The molecule has 0 radical (unpaired) electrons. The van der Waals surface area contributed by atoms with Crippen molar-refractivity contribution in [3.63, 3.8) is 0 Å². The van der Waals surface area contributed by atoms with E-state index >= 15 is 0 Å². The maximum absolute atomic E-state index is 12.2. The Morgan fingerprint density at radius 2 is 2.17 bits per heavy atom. The van der Waals surface area contributed by atoms with Crippen molar-refractivity contribution in [3.05, 3.63) is 64.7 Å². The lowest BCUT2D eigenvalue weighted by atomic mass is 10.2. The summed E-state index contributed by atoms with van der Waals surface area (Å²) in [5, 5.41) is 2.84. The summed E-state index contributed by atoms with van der Waals surface area (Å²) in [6.07, 6.45) is 3.52. The van der Waals surface area contributed by atoms with E-state index in [4.69, 9.17) is 4.42 Å². The summed E-state index contributed by atoms with van der Waals surface area (Å²) in [5.41, 5.74) is 2.14. The highest BCUT2D eigenvalue weighted by atomic mass is 79.9. The lowest BCUT2D eigenvalue weighted by Gasteiger charge is -2.04. The molecule has 0 atom stereocenters. The van der Waals surface area contributed by atoms with Gasteiger partial charge in [0.25, 0.3) is 0 Å². The number of rotatable bonds is 4. The minimum Gasteiger partial charge on any atom is -0.441 e. The van der Waals surface area contributed by atoms with Gasteiger partial charge in [0.05, 0.1) is 17.7 Å². The van der Waals surface area contributed by atoms with E-state index in [2.05, 4.69) is 31.2 Å². The van der Waals surface area contributed by atoms with Crippen LogP contribution in [0.2, 0.25) is 0 Å². The van der Waals surface area contributed by atoms with Gasteiger partial charge in [0.15, 0.2) is 0 Å². The smallest absolute Gasteiger partial charge is 0.230 e. The molecule has 0 saturated carbocycles. The van der Waals surface area contributed by atoms with Gasteiger partial charge in [-0.2, -0.15) is 0 Å². The van der Waals surface area contributed by atoms with E-state index in [1.165, 1.54) is 0 Å². The van der Waals surface area contributed by atoms with E-state index in [0.29, 0.717) is 17.3 Å². The molecule has 0 saturated heterocycles. The van der Waals surface area contributed by atoms with Gasteiger partial charge in [-0.25, -0.2) is 4.98 Å². The van der Waals surface area contributed by atoms with Crippen LogP contribution >= 0.6 is 15.9 Å². The Bertz CT molecular complexity index is 831. The predicted octanol–water partition coefficient (Wildman–Crippen LogP) is 3.99. The number of carbonyl (C=O) groups is 1. The summed E-state index contributed by atoms with van der Waals surface area (Å²) < 4.78 is 6.54. The topological polar surface area (TPSA) is 68.0 Å². The molecule has 6 heteroatoms. The van der Waals surface area contributed by atoms with Crippen molar-refractivity contribution >= 4 is 27.5 Å². The van der Waals surface area contributed by atoms with Crippen molar-refractivity contribution in [3.8, 4) is 11.5 Å². The molecule has 116 valence electrons. The number of pyridine rings is 1. The lowest BCUT2D eigenvalue weighted by molar-refractivity contribution is -0.115. The number of oxazole rings is 1. The maximum Gasteiger partial charge on any atom is 0.230 e. The van der Waals surface area contributed by atoms with Crippen LogP contribution in [0, 0.1) is 6.92 Å². The zero-order valence-electron chi connectivity index (χ0n) is 12.4. The van der Waals surface area contributed by atoms with Gasteiger partial charge in [-0.15, -0.1) is 0 Å². The Morgan fingerprint density at radius 3 is 2.91 bits per heavy atom. The molecule has 2 aromatic heterocycles. The number of nitrogens with one attached hydrogen (secondary N) is 1.